The molecule has 16 heavy (non-hydrogen) atoms. The SMILES string of the molecule is NCC(=O)c1ccc(C2CCOC2)c(Br)c1. The second-order valence-corrected chi connectivity index (χ2v) is 4.78. The fourth-order valence-electron chi connectivity index (χ4n) is 1.93. The average molecular weight is 284 g/mol. The quantitative estimate of drug-likeness (QED) is 0.865. The van der Waals surface area contributed by atoms with Crippen LogP contribution in [0.3, 0.4) is 0 Å². The maximum absolute atomic E-state index is 11.4. The minimum Gasteiger partial charge on any atom is -0.381 e. The molecule has 0 radical (unpaired) electrons. The van der Waals surface area contributed by atoms with E-state index in [-0.39, 0.29) is 12.3 Å². The summed E-state index contributed by atoms with van der Waals surface area (Å²) in [6, 6.07) is 5.68. The Morgan fingerprint density at radius 3 is 2.94 bits per heavy atom. The van der Waals surface area contributed by atoms with Crippen molar-refractivity contribution < 1.29 is 9.53 Å². The van der Waals surface area contributed by atoms with Crippen molar-refractivity contribution in [1.82, 2.24) is 0 Å². The third kappa shape index (κ3) is 2.34. The van der Waals surface area contributed by atoms with E-state index in [2.05, 4.69) is 15.9 Å². The summed E-state index contributed by atoms with van der Waals surface area (Å²) in [4.78, 5) is 11.4. The van der Waals surface area contributed by atoms with Crippen molar-refractivity contribution >= 4 is 21.7 Å². The van der Waals surface area contributed by atoms with Gasteiger partial charge in [0.1, 0.15) is 0 Å². The van der Waals surface area contributed by atoms with Crippen LogP contribution >= 0.6 is 15.9 Å². The Balaban J connectivity index is 2.25. The molecule has 2 rings (SSSR count). The maximum Gasteiger partial charge on any atom is 0.176 e. The van der Waals surface area contributed by atoms with Gasteiger partial charge in [-0.25, -0.2) is 0 Å². The van der Waals surface area contributed by atoms with E-state index in [0.29, 0.717) is 11.5 Å². The summed E-state index contributed by atoms with van der Waals surface area (Å²) in [5.41, 5.74) is 7.21. The van der Waals surface area contributed by atoms with Gasteiger partial charge < -0.3 is 10.5 Å². The predicted molar refractivity (Wildman–Crippen MR) is 65.7 cm³/mol. The molecule has 0 aromatic heterocycles. The fourth-order valence-corrected chi connectivity index (χ4v) is 2.63. The Morgan fingerprint density at radius 2 is 2.38 bits per heavy atom. The van der Waals surface area contributed by atoms with Crippen molar-refractivity contribution in [2.24, 2.45) is 5.73 Å². The fraction of sp³-hybridized carbons (Fsp3) is 0.417. The summed E-state index contributed by atoms with van der Waals surface area (Å²) in [6.07, 6.45) is 1.04. The van der Waals surface area contributed by atoms with Gasteiger partial charge in [-0.3, -0.25) is 4.79 Å². The van der Waals surface area contributed by atoms with E-state index in [1.807, 2.05) is 18.2 Å². The van der Waals surface area contributed by atoms with Gasteiger partial charge in [-0.05, 0) is 18.1 Å². The lowest BCUT2D eigenvalue weighted by Gasteiger charge is -2.11. The van der Waals surface area contributed by atoms with Crippen LogP contribution in [0.1, 0.15) is 28.3 Å². The van der Waals surface area contributed by atoms with Gasteiger partial charge in [0.2, 0.25) is 0 Å². The van der Waals surface area contributed by atoms with Gasteiger partial charge in [-0.1, -0.05) is 28.1 Å². The minimum atomic E-state index is -0.0325. The molecule has 1 fully saturated rings. The molecule has 1 aliphatic heterocycles. The largest absolute Gasteiger partial charge is 0.381 e. The van der Waals surface area contributed by atoms with Crippen molar-refractivity contribution in [2.75, 3.05) is 19.8 Å². The van der Waals surface area contributed by atoms with Crippen LogP contribution in [0.15, 0.2) is 22.7 Å². The number of halogens is 1. The molecule has 86 valence electrons. The Bertz CT molecular complexity index is 400. The van der Waals surface area contributed by atoms with Crippen molar-refractivity contribution in [3.8, 4) is 0 Å². The second kappa shape index (κ2) is 5.08. The lowest BCUT2D eigenvalue weighted by molar-refractivity contribution is 0.100. The number of carbonyl (C=O) groups excluding carboxylic acids is 1. The number of benzene rings is 1. The molecule has 1 aromatic rings. The van der Waals surface area contributed by atoms with E-state index in [1.165, 1.54) is 5.56 Å². The zero-order valence-electron chi connectivity index (χ0n) is 8.91. The van der Waals surface area contributed by atoms with Crippen LogP contribution in [0, 0.1) is 0 Å². The van der Waals surface area contributed by atoms with E-state index in [1.54, 1.807) is 0 Å². The second-order valence-electron chi connectivity index (χ2n) is 3.92. The molecular formula is C12H14BrNO2. The summed E-state index contributed by atoms with van der Waals surface area (Å²) in [6.45, 7) is 1.64. The number of Topliss-reactive ketones (excluding diaryl/α,β-unsaturated/α-hetero) is 1. The van der Waals surface area contributed by atoms with Gasteiger partial charge in [-0.2, -0.15) is 0 Å². The number of hydrogen-bond acceptors (Lipinski definition) is 3. The third-order valence-corrected chi connectivity index (χ3v) is 3.56. The summed E-state index contributed by atoms with van der Waals surface area (Å²) < 4.78 is 6.33. The van der Waals surface area contributed by atoms with Gasteiger partial charge in [0.25, 0.3) is 0 Å². The standard InChI is InChI=1S/C12H14BrNO2/c13-11-5-8(12(15)6-14)1-2-10(11)9-3-4-16-7-9/h1-2,5,9H,3-4,6-7,14H2. The first-order valence-electron chi connectivity index (χ1n) is 5.33. The van der Waals surface area contributed by atoms with E-state index in [4.69, 9.17) is 10.5 Å². The topological polar surface area (TPSA) is 52.3 Å². The molecule has 1 saturated heterocycles. The number of ketones is 1. The molecule has 0 amide bonds. The van der Waals surface area contributed by atoms with Crippen molar-refractivity contribution in [2.45, 2.75) is 12.3 Å². The summed E-state index contributed by atoms with van der Waals surface area (Å²) in [5, 5.41) is 0. The summed E-state index contributed by atoms with van der Waals surface area (Å²) in [5.74, 6) is 0.409. The molecule has 0 aliphatic carbocycles. The highest BCUT2D eigenvalue weighted by molar-refractivity contribution is 9.10. The molecule has 2 N–H and O–H groups in total. The normalized spacial score (nSPS) is 20.0. The third-order valence-electron chi connectivity index (χ3n) is 2.88. The molecule has 0 spiro atoms. The van der Waals surface area contributed by atoms with Crippen LogP contribution in [-0.4, -0.2) is 25.5 Å². The molecule has 1 unspecified atom stereocenters. The van der Waals surface area contributed by atoms with Crippen molar-refractivity contribution in [1.29, 1.82) is 0 Å². The first kappa shape index (κ1) is 11.8. The summed E-state index contributed by atoms with van der Waals surface area (Å²) in [7, 11) is 0. The first-order chi connectivity index (χ1) is 7.72. The number of rotatable bonds is 3. The van der Waals surface area contributed by atoms with Crippen LogP contribution < -0.4 is 5.73 Å². The Hall–Kier alpha value is -0.710. The maximum atomic E-state index is 11.4. The van der Waals surface area contributed by atoms with Crippen molar-refractivity contribution in [3.05, 3.63) is 33.8 Å². The molecule has 1 heterocycles. The molecule has 1 atom stereocenters. The zero-order chi connectivity index (χ0) is 11.5. The lowest BCUT2D eigenvalue weighted by Crippen LogP contribution is -2.13. The lowest BCUT2D eigenvalue weighted by atomic mass is 9.97. The smallest absolute Gasteiger partial charge is 0.176 e. The molecule has 0 bridgehead atoms. The van der Waals surface area contributed by atoms with Gasteiger partial charge >= 0.3 is 0 Å². The van der Waals surface area contributed by atoms with E-state index >= 15 is 0 Å². The average Bonchev–Trinajstić information content (AvgIpc) is 2.81. The van der Waals surface area contributed by atoms with Gasteiger partial charge in [0, 0.05) is 22.6 Å². The van der Waals surface area contributed by atoms with Gasteiger partial charge in [-0.15, -0.1) is 0 Å². The molecule has 4 heteroatoms. The summed E-state index contributed by atoms with van der Waals surface area (Å²) >= 11 is 3.51. The minimum absolute atomic E-state index is 0.0325. The van der Waals surface area contributed by atoms with Gasteiger partial charge in [0.15, 0.2) is 5.78 Å². The molecule has 3 nitrogen and oxygen atoms in total. The molecular weight excluding hydrogens is 270 g/mol. The number of ether oxygens (including phenoxy) is 1. The number of carbonyl (C=O) groups is 1. The highest BCUT2D eigenvalue weighted by Gasteiger charge is 2.20. The van der Waals surface area contributed by atoms with Crippen LogP contribution in [0.4, 0.5) is 0 Å². The van der Waals surface area contributed by atoms with E-state index < -0.39 is 0 Å². The van der Waals surface area contributed by atoms with Crippen LogP contribution in [0.5, 0.6) is 0 Å². The molecule has 1 aromatic carbocycles. The molecule has 1 aliphatic rings. The predicted octanol–water partition coefficient (Wildman–Crippen LogP) is 2.09. The Kier molecular flexibility index (Phi) is 3.74. The van der Waals surface area contributed by atoms with E-state index in [0.717, 1.165) is 24.1 Å². The van der Waals surface area contributed by atoms with Crippen LogP contribution in [0.2, 0.25) is 0 Å². The Labute approximate surface area is 103 Å². The molecule has 0 saturated carbocycles. The van der Waals surface area contributed by atoms with Gasteiger partial charge in [0.05, 0.1) is 13.2 Å². The Morgan fingerprint density at radius 1 is 1.56 bits per heavy atom. The highest BCUT2D eigenvalue weighted by Crippen LogP contribution is 2.31. The first-order valence-corrected chi connectivity index (χ1v) is 6.12. The highest BCUT2D eigenvalue weighted by atomic mass is 79.9. The van der Waals surface area contributed by atoms with E-state index in [9.17, 15) is 4.79 Å². The van der Waals surface area contributed by atoms with Crippen LogP contribution in [0.25, 0.3) is 0 Å². The zero-order valence-corrected chi connectivity index (χ0v) is 10.5. The number of hydrogen-bond donors (Lipinski definition) is 1. The van der Waals surface area contributed by atoms with Crippen molar-refractivity contribution in [3.63, 3.8) is 0 Å². The van der Waals surface area contributed by atoms with Crippen LogP contribution in [-0.2, 0) is 4.74 Å². The number of nitrogens with two attached hydrogens (primary N) is 1. The monoisotopic (exact) mass is 283 g/mol.